The molecule has 2 saturated heterocycles. The van der Waals surface area contributed by atoms with E-state index >= 15 is 0 Å². The molecule has 0 spiro atoms. The number of nitrogens with zero attached hydrogens (tertiary/aromatic N) is 2. The van der Waals surface area contributed by atoms with Gasteiger partial charge in [0.2, 0.25) is 0 Å². The number of rotatable bonds is 7. The van der Waals surface area contributed by atoms with E-state index in [0.29, 0.717) is 24.8 Å². The van der Waals surface area contributed by atoms with Gasteiger partial charge >= 0.3 is 0 Å². The van der Waals surface area contributed by atoms with E-state index < -0.39 is 5.60 Å². The normalized spacial score (nSPS) is 16.9. The van der Waals surface area contributed by atoms with Crippen molar-refractivity contribution in [2.24, 2.45) is 5.92 Å². The topological polar surface area (TPSA) is 43.8 Å². The summed E-state index contributed by atoms with van der Waals surface area (Å²) in [4.78, 5) is 15.8. The van der Waals surface area contributed by atoms with Crippen LogP contribution in [0.3, 0.4) is 0 Å². The summed E-state index contributed by atoms with van der Waals surface area (Å²) in [5.74, 6) is 0.618. The maximum atomic E-state index is 11.2. The Balaban J connectivity index is 0.000000160. The zero-order valence-electron chi connectivity index (χ0n) is 22.9. The van der Waals surface area contributed by atoms with Crippen LogP contribution in [0.2, 0.25) is 0 Å². The van der Waals surface area contributed by atoms with Crippen LogP contribution in [0.4, 0.5) is 0 Å². The predicted molar refractivity (Wildman–Crippen MR) is 157 cm³/mol. The number of carbonyl (C=O) groups is 1. The summed E-state index contributed by atoms with van der Waals surface area (Å²) in [5, 5.41) is 10.6. The number of likely N-dealkylation sites (tertiary alicyclic amines) is 2. The van der Waals surface area contributed by atoms with E-state index in [1.807, 2.05) is 48.5 Å². The zero-order chi connectivity index (χ0) is 27.2. The van der Waals surface area contributed by atoms with Crippen molar-refractivity contribution >= 4 is 5.78 Å². The minimum atomic E-state index is -0.540. The Bertz CT molecular complexity index is 1230. The lowest BCUT2D eigenvalue weighted by molar-refractivity contribution is -0.138. The third-order valence-electron chi connectivity index (χ3n) is 7.98. The predicted octanol–water partition coefficient (Wildman–Crippen LogP) is 6.14. The first-order valence-corrected chi connectivity index (χ1v) is 13.9. The van der Waals surface area contributed by atoms with Gasteiger partial charge in [0.15, 0.2) is 5.78 Å². The highest BCUT2D eigenvalue weighted by molar-refractivity contribution is 5.88. The Kier molecular flexibility index (Phi) is 8.37. The van der Waals surface area contributed by atoms with Crippen LogP contribution in [-0.4, -0.2) is 52.5 Å². The smallest absolute Gasteiger partial charge is 0.160 e. The molecule has 2 aliphatic heterocycles. The second kappa shape index (κ2) is 12.1. The second-order valence-corrected chi connectivity index (χ2v) is 11.1. The van der Waals surface area contributed by atoms with Crippen LogP contribution < -0.4 is 0 Å². The molecule has 0 aliphatic carbocycles. The Morgan fingerprint density at radius 3 is 1.15 bits per heavy atom. The van der Waals surface area contributed by atoms with Crippen molar-refractivity contribution < 1.29 is 9.90 Å². The van der Waals surface area contributed by atoms with Crippen LogP contribution in [0.25, 0.3) is 0 Å². The lowest BCUT2D eigenvalue weighted by Crippen LogP contribution is -2.65. The summed E-state index contributed by atoms with van der Waals surface area (Å²) >= 11 is 0. The van der Waals surface area contributed by atoms with Crippen LogP contribution >= 0.6 is 0 Å². The molecule has 0 amide bonds. The Labute approximate surface area is 232 Å². The van der Waals surface area contributed by atoms with Crippen LogP contribution in [0, 0.1) is 5.92 Å². The van der Waals surface area contributed by atoms with Gasteiger partial charge in [-0.05, 0) is 28.2 Å². The molecule has 39 heavy (non-hydrogen) atoms. The average Bonchev–Trinajstić information content (AvgIpc) is 2.94. The molecule has 4 aromatic carbocycles. The average molecular weight is 519 g/mol. The number of β-amino-alcohol motifs (C(OH)–C–C–N with tert-alkyl or cyclic N) is 1. The van der Waals surface area contributed by atoms with Gasteiger partial charge in [0, 0.05) is 13.1 Å². The van der Waals surface area contributed by atoms with E-state index in [0.717, 1.165) is 13.1 Å². The molecule has 0 bridgehead atoms. The van der Waals surface area contributed by atoms with Crippen molar-refractivity contribution in [2.75, 3.05) is 26.2 Å². The van der Waals surface area contributed by atoms with Gasteiger partial charge in [-0.25, -0.2) is 0 Å². The van der Waals surface area contributed by atoms with Gasteiger partial charge in [-0.2, -0.15) is 0 Å². The SMILES string of the molecule is CC(C)C1(O)CN(C(c2ccccc2)c2ccccc2)C1.O=C1CN(C(c2ccccc2)c2ccccc2)C1. The van der Waals surface area contributed by atoms with Crippen molar-refractivity contribution in [1.82, 2.24) is 9.80 Å². The Hall–Kier alpha value is -3.57. The molecule has 4 aromatic rings. The van der Waals surface area contributed by atoms with E-state index in [2.05, 4.69) is 96.4 Å². The quantitative estimate of drug-likeness (QED) is 0.319. The lowest BCUT2D eigenvalue weighted by atomic mass is 9.80. The number of hydrogen-bond donors (Lipinski definition) is 1. The zero-order valence-corrected chi connectivity index (χ0v) is 22.9. The molecule has 200 valence electrons. The van der Waals surface area contributed by atoms with Crippen LogP contribution in [0.15, 0.2) is 121 Å². The molecule has 0 unspecified atom stereocenters. The van der Waals surface area contributed by atoms with Crippen molar-refractivity contribution in [3.8, 4) is 0 Å². The molecular weight excluding hydrogens is 480 g/mol. The summed E-state index contributed by atoms with van der Waals surface area (Å²) < 4.78 is 0. The minimum absolute atomic E-state index is 0.199. The third-order valence-corrected chi connectivity index (χ3v) is 7.98. The first kappa shape index (κ1) is 27.0. The first-order valence-electron chi connectivity index (χ1n) is 13.9. The van der Waals surface area contributed by atoms with Crippen molar-refractivity contribution in [3.05, 3.63) is 144 Å². The molecule has 4 heteroatoms. The number of benzene rings is 4. The summed E-state index contributed by atoms with van der Waals surface area (Å²) in [6.07, 6.45) is 0. The largest absolute Gasteiger partial charge is 0.387 e. The molecule has 2 aliphatic rings. The van der Waals surface area contributed by atoms with Gasteiger partial charge in [0.05, 0.1) is 30.8 Å². The molecule has 0 atom stereocenters. The van der Waals surface area contributed by atoms with Crippen molar-refractivity contribution in [3.63, 3.8) is 0 Å². The number of ketones is 1. The maximum Gasteiger partial charge on any atom is 0.160 e. The number of Topliss-reactive ketones (excluding diaryl/α,β-unsaturated/α-hetero) is 1. The van der Waals surface area contributed by atoms with Gasteiger partial charge in [0.1, 0.15) is 0 Å². The van der Waals surface area contributed by atoms with Crippen LogP contribution in [0.1, 0.15) is 48.2 Å². The monoisotopic (exact) mass is 518 g/mol. The van der Waals surface area contributed by atoms with Gasteiger partial charge < -0.3 is 5.11 Å². The number of carbonyl (C=O) groups excluding carboxylic acids is 1. The molecule has 6 rings (SSSR count). The fraction of sp³-hybridized carbons (Fsp3) is 0.286. The molecular formula is C35H38N2O2. The van der Waals surface area contributed by atoms with E-state index in [9.17, 15) is 9.90 Å². The van der Waals surface area contributed by atoms with E-state index in [1.54, 1.807) is 0 Å². The molecule has 2 heterocycles. The summed E-state index contributed by atoms with van der Waals surface area (Å²) in [6, 6.07) is 42.3. The van der Waals surface area contributed by atoms with Crippen LogP contribution in [0.5, 0.6) is 0 Å². The summed E-state index contributed by atoms with van der Waals surface area (Å²) in [5.41, 5.74) is 4.53. The highest BCUT2D eigenvalue weighted by Crippen LogP contribution is 2.38. The van der Waals surface area contributed by atoms with Gasteiger partial charge in [-0.1, -0.05) is 135 Å². The van der Waals surface area contributed by atoms with Crippen molar-refractivity contribution in [2.45, 2.75) is 31.5 Å². The Morgan fingerprint density at radius 1 is 0.564 bits per heavy atom. The second-order valence-electron chi connectivity index (χ2n) is 11.1. The van der Waals surface area contributed by atoms with Crippen LogP contribution in [-0.2, 0) is 4.79 Å². The van der Waals surface area contributed by atoms with Crippen molar-refractivity contribution in [1.29, 1.82) is 0 Å². The third kappa shape index (κ3) is 6.20. The highest BCUT2D eigenvalue weighted by Gasteiger charge is 2.46. The highest BCUT2D eigenvalue weighted by atomic mass is 16.3. The minimum Gasteiger partial charge on any atom is -0.387 e. The van der Waals surface area contributed by atoms with Gasteiger partial charge in [-0.15, -0.1) is 0 Å². The standard InChI is InChI=1S/C19H23NO.C16H15NO/c1-15(2)19(21)13-20(14-19)18(16-9-5-3-6-10-16)17-11-7-4-8-12-17;18-15-11-17(12-15)16(13-7-3-1-4-8-13)14-9-5-2-6-10-14/h3-12,15,18,21H,13-14H2,1-2H3;1-10,16H,11-12H2. The molecule has 1 N–H and O–H groups in total. The number of hydrogen-bond acceptors (Lipinski definition) is 4. The summed E-state index contributed by atoms with van der Waals surface area (Å²) in [7, 11) is 0. The molecule has 0 saturated carbocycles. The summed E-state index contributed by atoms with van der Waals surface area (Å²) in [6.45, 7) is 6.79. The Morgan fingerprint density at radius 2 is 0.872 bits per heavy atom. The van der Waals surface area contributed by atoms with E-state index in [-0.39, 0.29) is 12.1 Å². The fourth-order valence-corrected chi connectivity index (χ4v) is 5.56. The maximum absolute atomic E-state index is 11.2. The van der Waals surface area contributed by atoms with E-state index in [4.69, 9.17) is 0 Å². The molecule has 0 radical (unpaired) electrons. The van der Waals surface area contributed by atoms with Gasteiger partial charge in [-0.3, -0.25) is 14.6 Å². The number of aliphatic hydroxyl groups is 1. The van der Waals surface area contributed by atoms with E-state index in [1.165, 1.54) is 22.3 Å². The fourth-order valence-electron chi connectivity index (χ4n) is 5.56. The van der Waals surface area contributed by atoms with Gasteiger partial charge in [0.25, 0.3) is 0 Å². The molecule has 0 aromatic heterocycles. The molecule has 4 nitrogen and oxygen atoms in total. The first-order chi connectivity index (χ1) is 18.9. The molecule has 2 fully saturated rings. The lowest BCUT2D eigenvalue weighted by Gasteiger charge is -2.52.